The zero-order valence-corrected chi connectivity index (χ0v) is 20.8. The number of aryl methyl sites for hydroxylation is 4. The van der Waals surface area contributed by atoms with Crippen molar-refractivity contribution in [3.05, 3.63) is 111 Å². The largest absolute Gasteiger partial charge is 0.362 e. The number of nitrogens with zero attached hydrogens (tertiary/aromatic N) is 3. The first kappa shape index (κ1) is 23.5. The molecule has 4 aromatic rings. The van der Waals surface area contributed by atoms with E-state index in [1.54, 1.807) is 6.33 Å². The van der Waals surface area contributed by atoms with Gasteiger partial charge < -0.3 is 9.30 Å². The zero-order chi connectivity index (χ0) is 24.4. The normalized spacial score (nSPS) is 11.9. The molecule has 0 radical (unpaired) electrons. The van der Waals surface area contributed by atoms with Crippen LogP contribution in [-0.2, 0) is 18.4 Å². The van der Waals surface area contributed by atoms with Crippen LogP contribution >= 0.6 is 0 Å². The summed E-state index contributed by atoms with van der Waals surface area (Å²) < 4.78 is 8.66. The minimum absolute atomic E-state index is 0.317. The van der Waals surface area contributed by atoms with Crippen LogP contribution in [-0.4, -0.2) is 9.55 Å². The number of imidazole rings is 1. The topological polar surface area (TPSA) is 50.8 Å². The van der Waals surface area contributed by atoms with Gasteiger partial charge in [-0.1, -0.05) is 36.4 Å². The van der Waals surface area contributed by atoms with Gasteiger partial charge in [-0.3, -0.25) is 0 Å². The van der Waals surface area contributed by atoms with Gasteiger partial charge in [0.25, 0.3) is 0 Å². The number of nitriles is 1. The molecule has 3 aromatic carbocycles. The standard InChI is InChI=1S/C30H31N3O/c1-19-9-7-8-10-26(19)27-14-24(11-12-25(27)15-31)30(29-16-32-18-33(29)6)34-17-28-22(4)20(2)13-21(3)23(28)5/h7-14,16,18,30H,17H2,1-6H3. The van der Waals surface area contributed by atoms with E-state index >= 15 is 0 Å². The molecular formula is C30H31N3O. The van der Waals surface area contributed by atoms with Crippen molar-refractivity contribution in [3.63, 3.8) is 0 Å². The lowest BCUT2D eigenvalue weighted by Gasteiger charge is -2.23. The highest BCUT2D eigenvalue weighted by Crippen LogP contribution is 2.34. The molecule has 34 heavy (non-hydrogen) atoms. The number of aromatic nitrogens is 2. The second-order valence-corrected chi connectivity index (χ2v) is 9.09. The number of hydrogen-bond donors (Lipinski definition) is 0. The number of rotatable bonds is 6. The monoisotopic (exact) mass is 449 g/mol. The maximum absolute atomic E-state index is 9.80. The van der Waals surface area contributed by atoms with Crippen molar-refractivity contribution in [2.75, 3.05) is 0 Å². The molecule has 172 valence electrons. The molecule has 0 N–H and O–H groups in total. The molecule has 0 amide bonds. The molecule has 0 fully saturated rings. The van der Waals surface area contributed by atoms with E-state index in [0.29, 0.717) is 12.2 Å². The van der Waals surface area contributed by atoms with E-state index in [4.69, 9.17) is 4.74 Å². The van der Waals surface area contributed by atoms with E-state index in [2.05, 4.69) is 69.9 Å². The van der Waals surface area contributed by atoms with E-state index in [1.165, 1.54) is 27.8 Å². The number of ether oxygens (including phenoxy) is 1. The summed E-state index contributed by atoms with van der Waals surface area (Å²) in [7, 11) is 1.98. The first-order valence-electron chi connectivity index (χ1n) is 11.6. The minimum Gasteiger partial charge on any atom is -0.362 e. The number of benzene rings is 3. The predicted octanol–water partition coefficient (Wildman–Crippen LogP) is 6.81. The average molecular weight is 450 g/mol. The summed E-state index contributed by atoms with van der Waals surface area (Å²) in [5.41, 5.74) is 12.1. The van der Waals surface area contributed by atoms with E-state index in [1.807, 2.05) is 42.1 Å². The van der Waals surface area contributed by atoms with Gasteiger partial charge in [0.1, 0.15) is 6.10 Å². The smallest absolute Gasteiger partial charge is 0.124 e. The van der Waals surface area contributed by atoms with Crippen LogP contribution in [0.2, 0.25) is 0 Å². The van der Waals surface area contributed by atoms with Crippen LogP contribution in [0.15, 0.2) is 61.1 Å². The van der Waals surface area contributed by atoms with Crippen molar-refractivity contribution < 1.29 is 4.74 Å². The van der Waals surface area contributed by atoms with Gasteiger partial charge in [-0.05, 0) is 91.3 Å². The second-order valence-electron chi connectivity index (χ2n) is 9.09. The Hall–Kier alpha value is -3.68. The molecular weight excluding hydrogens is 418 g/mol. The summed E-state index contributed by atoms with van der Waals surface area (Å²) in [6.07, 6.45) is 3.34. The lowest BCUT2D eigenvalue weighted by atomic mass is 9.92. The Morgan fingerprint density at radius 1 is 0.912 bits per heavy atom. The Morgan fingerprint density at radius 2 is 1.62 bits per heavy atom. The Kier molecular flexibility index (Phi) is 6.68. The Balaban J connectivity index is 1.80. The fourth-order valence-corrected chi connectivity index (χ4v) is 4.57. The van der Waals surface area contributed by atoms with Crippen LogP contribution in [0.25, 0.3) is 11.1 Å². The summed E-state index contributed by atoms with van der Waals surface area (Å²) in [6.45, 7) is 11.2. The van der Waals surface area contributed by atoms with Crippen molar-refractivity contribution in [3.8, 4) is 17.2 Å². The maximum atomic E-state index is 9.80. The molecule has 0 spiro atoms. The van der Waals surface area contributed by atoms with Gasteiger partial charge in [-0.25, -0.2) is 4.98 Å². The van der Waals surface area contributed by atoms with Crippen molar-refractivity contribution >= 4 is 0 Å². The van der Waals surface area contributed by atoms with Crippen molar-refractivity contribution in [1.29, 1.82) is 5.26 Å². The SMILES string of the molecule is Cc1ccccc1-c1cc(C(OCc2c(C)c(C)cc(C)c2C)c2cncn2C)ccc1C#N. The van der Waals surface area contributed by atoms with Crippen LogP contribution in [0.3, 0.4) is 0 Å². The van der Waals surface area contributed by atoms with E-state index in [0.717, 1.165) is 27.9 Å². The van der Waals surface area contributed by atoms with Crippen molar-refractivity contribution in [2.24, 2.45) is 7.05 Å². The fraction of sp³-hybridized carbons (Fsp3) is 0.267. The van der Waals surface area contributed by atoms with Crippen molar-refractivity contribution in [2.45, 2.75) is 47.3 Å². The molecule has 4 heteroatoms. The van der Waals surface area contributed by atoms with Gasteiger partial charge in [0, 0.05) is 12.6 Å². The molecule has 0 aliphatic carbocycles. The van der Waals surface area contributed by atoms with Gasteiger partial charge >= 0.3 is 0 Å². The molecule has 1 aromatic heterocycles. The first-order valence-corrected chi connectivity index (χ1v) is 11.6. The minimum atomic E-state index is -0.317. The molecule has 4 rings (SSSR count). The highest BCUT2D eigenvalue weighted by Gasteiger charge is 2.22. The first-order chi connectivity index (χ1) is 16.3. The molecule has 0 aliphatic rings. The van der Waals surface area contributed by atoms with Crippen LogP contribution in [0.4, 0.5) is 0 Å². The van der Waals surface area contributed by atoms with Gasteiger partial charge in [-0.2, -0.15) is 5.26 Å². The lowest BCUT2D eigenvalue weighted by molar-refractivity contribution is 0.0615. The molecule has 0 aliphatic heterocycles. The van der Waals surface area contributed by atoms with E-state index in [-0.39, 0.29) is 6.10 Å². The molecule has 0 bridgehead atoms. The maximum Gasteiger partial charge on any atom is 0.124 e. The quantitative estimate of drug-likeness (QED) is 0.325. The van der Waals surface area contributed by atoms with Crippen LogP contribution < -0.4 is 0 Å². The predicted molar refractivity (Wildman–Crippen MR) is 137 cm³/mol. The lowest BCUT2D eigenvalue weighted by Crippen LogP contribution is -2.12. The van der Waals surface area contributed by atoms with E-state index in [9.17, 15) is 5.26 Å². The Labute approximate surface area is 202 Å². The van der Waals surface area contributed by atoms with Gasteiger partial charge in [0.05, 0.1) is 36.5 Å². The third-order valence-electron chi connectivity index (χ3n) is 6.94. The van der Waals surface area contributed by atoms with Gasteiger partial charge in [0.15, 0.2) is 0 Å². The second kappa shape index (κ2) is 9.67. The molecule has 1 atom stereocenters. The molecule has 0 saturated carbocycles. The third kappa shape index (κ3) is 4.40. The van der Waals surface area contributed by atoms with Crippen molar-refractivity contribution in [1.82, 2.24) is 9.55 Å². The Bertz CT molecular complexity index is 1360. The highest BCUT2D eigenvalue weighted by atomic mass is 16.5. The molecule has 0 saturated heterocycles. The van der Waals surface area contributed by atoms with Gasteiger partial charge in [0.2, 0.25) is 0 Å². The molecule has 4 nitrogen and oxygen atoms in total. The third-order valence-corrected chi connectivity index (χ3v) is 6.94. The Morgan fingerprint density at radius 3 is 2.24 bits per heavy atom. The van der Waals surface area contributed by atoms with Gasteiger partial charge in [-0.15, -0.1) is 0 Å². The average Bonchev–Trinajstić information content (AvgIpc) is 3.25. The van der Waals surface area contributed by atoms with Crippen LogP contribution in [0.5, 0.6) is 0 Å². The summed E-state index contributed by atoms with van der Waals surface area (Å²) in [5, 5.41) is 9.80. The van der Waals surface area contributed by atoms with Crippen LogP contribution in [0, 0.1) is 45.9 Å². The fourth-order valence-electron chi connectivity index (χ4n) is 4.57. The molecule has 1 unspecified atom stereocenters. The van der Waals surface area contributed by atoms with E-state index < -0.39 is 0 Å². The summed E-state index contributed by atoms with van der Waals surface area (Å²) in [6, 6.07) is 18.8. The zero-order valence-electron chi connectivity index (χ0n) is 20.8. The van der Waals surface area contributed by atoms with Crippen LogP contribution in [0.1, 0.15) is 56.3 Å². The summed E-state index contributed by atoms with van der Waals surface area (Å²) in [5.74, 6) is 0. The number of hydrogen-bond acceptors (Lipinski definition) is 3. The summed E-state index contributed by atoms with van der Waals surface area (Å²) in [4.78, 5) is 4.35. The highest BCUT2D eigenvalue weighted by molar-refractivity contribution is 5.74. The summed E-state index contributed by atoms with van der Waals surface area (Å²) >= 11 is 0. The molecule has 1 heterocycles.